The lowest BCUT2D eigenvalue weighted by Crippen LogP contribution is -2.18. The Kier molecular flexibility index (Phi) is 3.40. The van der Waals surface area contributed by atoms with Crippen molar-refractivity contribution in [2.75, 3.05) is 11.9 Å². The molecule has 0 saturated heterocycles. The highest BCUT2D eigenvalue weighted by Gasteiger charge is 2.16. The van der Waals surface area contributed by atoms with Crippen LogP contribution in [0, 0.1) is 0 Å². The predicted octanol–water partition coefficient (Wildman–Crippen LogP) is 3.17. The molecule has 0 radical (unpaired) electrons. The highest BCUT2D eigenvalue weighted by molar-refractivity contribution is 7.15. The van der Waals surface area contributed by atoms with Crippen LogP contribution in [-0.4, -0.2) is 21.4 Å². The number of alkyl halides is 1. The summed E-state index contributed by atoms with van der Waals surface area (Å²) in [6, 6.07) is 5.92. The average molecular weight is 293 g/mol. The molecule has 3 aromatic rings. The summed E-state index contributed by atoms with van der Waals surface area (Å²) >= 11 is 7.67. The first-order valence-electron chi connectivity index (χ1n) is 5.91. The van der Waals surface area contributed by atoms with Gasteiger partial charge < -0.3 is 4.90 Å². The quantitative estimate of drug-likeness (QED) is 0.693. The van der Waals surface area contributed by atoms with Crippen molar-refractivity contribution >= 4 is 33.7 Å². The zero-order valence-electron chi connectivity index (χ0n) is 10.5. The minimum absolute atomic E-state index is 0.444. The van der Waals surface area contributed by atoms with Crippen molar-refractivity contribution in [3.8, 4) is 0 Å². The maximum absolute atomic E-state index is 6.06. The van der Waals surface area contributed by atoms with Gasteiger partial charge >= 0.3 is 0 Å². The fourth-order valence-corrected chi connectivity index (χ4v) is 3.04. The van der Waals surface area contributed by atoms with Crippen molar-refractivity contribution in [3.05, 3.63) is 47.4 Å². The van der Waals surface area contributed by atoms with Gasteiger partial charge in [0.2, 0.25) is 0 Å². The third kappa shape index (κ3) is 2.31. The van der Waals surface area contributed by atoms with Crippen LogP contribution in [0.4, 0.5) is 5.82 Å². The van der Waals surface area contributed by atoms with Gasteiger partial charge in [0.05, 0.1) is 23.8 Å². The van der Waals surface area contributed by atoms with Crippen molar-refractivity contribution in [3.63, 3.8) is 0 Å². The highest BCUT2D eigenvalue weighted by atomic mass is 35.5. The van der Waals surface area contributed by atoms with Gasteiger partial charge in [0.25, 0.3) is 0 Å². The first-order chi connectivity index (χ1) is 9.29. The van der Waals surface area contributed by atoms with Gasteiger partial charge in [0.1, 0.15) is 0 Å². The van der Waals surface area contributed by atoms with Crippen LogP contribution < -0.4 is 4.90 Å². The topological polar surface area (TPSA) is 33.4 Å². The van der Waals surface area contributed by atoms with Crippen molar-refractivity contribution < 1.29 is 0 Å². The fraction of sp³-hybridized carbons (Fsp3) is 0.231. The zero-order chi connectivity index (χ0) is 13.2. The maximum atomic E-state index is 6.06. The second-order valence-electron chi connectivity index (χ2n) is 4.25. The molecule has 0 unspecified atom stereocenters. The molecule has 4 nitrogen and oxygen atoms in total. The van der Waals surface area contributed by atoms with Gasteiger partial charge in [0, 0.05) is 24.8 Å². The summed E-state index contributed by atoms with van der Waals surface area (Å²) in [5, 5.41) is 2.01. The Morgan fingerprint density at radius 2 is 2.32 bits per heavy atom. The Hall–Kier alpha value is -1.59. The molecule has 0 amide bonds. The number of anilines is 1. The molecular formula is C13H13ClN4S. The smallest absolute Gasteiger partial charge is 0.195 e. The molecule has 0 aromatic carbocycles. The molecule has 0 bridgehead atoms. The molecule has 0 saturated carbocycles. The molecule has 0 atom stereocenters. The lowest BCUT2D eigenvalue weighted by molar-refractivity contribution is 0.863. The monoisotopic (exact) mass is 292 g/mol. The SMILES string of the molecule is CN(Cc1ccccn1)c1nc2sccn2c1CCl. The third-order valence-corrected chi connectivity index (χ3v) is 3.96. The number of pyridine rings is 1. The molecule has 6 heteroatoms. The van der Waals surface area contributed by atoms with Crippen LogP contribution in [-0.2, 0) is 12.4 Å². The Labute approximate surface area is 120 Å². The van der Waals surface area contributed by atoms with E-state index in [2.05, 4.69) is 14.9 Å². The van der Waals surface area contributed by atoms with Crippen LogP contribution in [0.25, 0.3) is 4.96 Å². The maximum Gasteiger partial charge on any atom is 0.195 e. The zero-order valence-corrected chi connectivity index (χ0v) is 12.0. The summed E-state index contributed by atoms with van der Waals surface area (Å²) in [4.78, 5) is 12.0. The van der Waals surface area contributed by atoms with Gasteiger partial charge in [-0.2, -0.15) is 0 Å². The van der Waals surface area contributed by atoms with E-state index >= 15 is 0 Å². The van der Waals surface area contributed by atoms with E-state index in [1.165, 1.54) is 0 Å². The van der Waals surface area contributed by atoms with E-state index in [0.29, 0.717) is 5.88 Å². The molecular weight excluding hydrogens is 280 g/mol. The van der Waals surface area contributed by atoms with Gasteiger partial charge in [-0.15, -0.1) is 22.9 Å². The second kappa shape index (κ2) is 5.19. The minimum Gasteiger partial charge on any atom is -0.352 e. The molecule has 19 heavy (non-hydrogen) atoms. The second-order valence-corrected chi connectivity index (χ2v) is 5.39. The van der Waals surface area contributed by atoms with E-state index in [4.69, 9.17) is 11.6 Å². The van der Waals surface area contributed by atoms with Gasteiger partial charge in [0.15, 0.2) is 10.8 Å². The van der Waals surface area contributed by atoms with Crippen LogP contribution in [0.1, 0.15) is 11.4 Å². The number of imidazole rings is 1. The van der Waals surface area contributed by atoms with Gasteiger partial charge in [-0.3, -0.25) is 9.38 Å². The Morgan fingerprint density at radius 3 is 3.05 bits per heavy atom. The van der Waals surface area contributed by atoms with E-state index in [1.807, 2.05) is 41.2 Å². The molecule has 0 aliphatic rings. The summed E-state index contributed by atoms with van der Waals surface area (Å²) in [5.41, 5.74) is 2.04. The van der Waals surface area contributed by atoms with E-state index < -0.39 is 0 Å². The van der Waals surface area contributed by atoms with Crippen LogP contribution in [0.2, 0.25) is 0 Å². The Balaban J connectivity index is 1.92. The van der Waals surface area contributed by atoms with Crippen LogP contribution in [0.15, 0.2) is 36.0 Å². The largest absolute Gasteiger partial charge is 0.352 e. The van der Waals surface area contributed by atoms with Crippen molar-refractivity contribution in [2.45, 2.75) is 12.4 Å². The average Bonchev–Trinajstić information content (AvgIpc) is 2.99. The summed E-state index contributed by atoms with van der Waals surface area (Å²) in [7, 11) is 2.01. The Bertz CT molecular complexity index is 676. The van der Waals surface area contributed by atoms with Crippen molar-refractivity contribution in [1.29, 1.82) is 0 Å². The number of thiazole rings is 1. The van der Waals surface area contributed by atoms with Gasteiger partial charge in [-0.25, -0.2) is 4.98 Å². The molecule has 0 spiro atoms. The molecule has 3 aromatic heterocycles. The first-order valence-corrected chi connectivity index (χ1v) is 7.32. The van der Waals surface area contributed by atoms with Gasteiger partial charge in [-0.1, -0.05) is 6.07 Å². The summed E-state index contributed by atoms with van der Waals surface area (Å²) in [6.07, 6.45) is 3.81. The lowest BCUT2D eigenvalue weighted by Gasteiger charge is -2.17. The van der Waals surface area contributed by atoms with Crippen LogP contribution in [0.3, 0.4) is 0 Å². The predicted molar refractivity (Wildman–Crippen MR) is 79.0 cm³/mol. The van der Waals surface area contributed by atoms with E-state index in [1.54, 1.807) is 17.5 Å². The normalized spacial score (nSPS) is 11.1. The molecule has 0 N–H and O–H groups in total. The highest BCUT2D eigenvalue weighted by Crippen LogP contribution is 2.26. The van der Waals surface area contributed by atoms with Crippen LogP contribution in [0.5, 0.6) is 0 Å². The molecule has 98 valence electrons. The lowest BCUT2D eigenvalue weighted by atomic mass is 10.3. The number of rotatable bonds is 4. The number of fused-ring (bicyclic) bond motifs is 1. The van der Waals surface area contributed by atoms with Crippen LogP contribution >= 0.6 is 22.9 Å². The fourth-order valence-electron chi connectivity index (χ4n) is 2.06. The van der Waals surface area contributed by atoms with E-state index in [-0.39, 0.29) is 0 Å². The molecule has 3 heterocycles. The molecule has 0 aliphatic heterocycles. The standard InChI is InChI=1S/C13H13ClN4S/c1-17(9-10-4-2-3-5-15-10)12-11(8-14)18-6-7-19-13(18)16-12/h2-7H,8-9H2,1H3. The third-order valence-electron chi connectivity index (χ3n) is 2.95. The van der Waals surface area contributed by atoms with Crippen molar-refractivity contribution in [2.24, 2.45) is 0 Å². The number of hydrogen-bond acceptors (Lipinski definition) is 4. The van der Waals surface area contributed by atoms with Gasteiger partial charge in [-0.05, 0) is 12.1 Å². The van der Waals surface area contributed by atoms with Crippen molar-refractivity contribution in [1.82, 2.24) is 14.4 Å². The number of hydrogen-bond donors (Lipinski definition) is 0. The minimum atomic E-state index is 0.444. The molecule has 0 fully saturated rings. The van der Waals surface area contributed by atoms with E-state index in [9.17, 15) is 0 Å². The first kappa shape index (κ1) is 12.4. The summed E-state index contributed by atoms with van der Waals surface area (Å²) in [5.74, 6) is 1.37. The molecule has 0 aliphatic carbocycles. The molecule has 3 rings (SSSR count). The number of aromatic nitrogens is 3. The van der Waals surface area contributed by atoms with E-state index in [0.717, 1.165) is 28.7 Å². The number of nitrogens with zero attached hydrogens (tertiary/aromatic N) is 4. The number of halogens is 1. The Morgan fingerprint density at radius 1 is 1.42 bits per heavy atom. The summed E-state index contributed by atoms with van der Waals surface area (Å²) < 4.78 is 2.04. The summed E-state index contributed by atoms with van der Waals surface area (Å²) in [6.45, 7) is 0.718.